The van der Waals surface area contributed by atoms with E-state index in [1.54, 1.807) is 6.07 Å². The number of ether oxygens (including phenoxy) is 1. The molecular weight excluding hydrogens is 419 g/mol. The first-order valence-corrected chi connectivity index (χ1v) is 9.89. The highest BCUT2D eigenvalue weighted by Crippen LogP contribution is 2.17. The Morgan fingerprint density at radius 1 is 1.19 bits per heavy atom. The third-order valence-electron chi connectivity index (χ3n) is 4.79. The lowest BCUT2D eigenvalue weighted by Gasteiger charge is -2.34. The van der Waals surface area contributed by atoms with Gasteiger partial charge >= 0.3 is 0 Å². The largest absolute Gasteiger partial charge is 0.368 e. The molecule has 0 spiro atoms. The van der Waals surface area contributed by atoms with Gasteiger partial charge in [0.05, 0.1) is 6.54 Å². The average molecular weight is 443 g/mol. The summed E-state index contributed by atoms with van der Waals surface area (Å²) < 4.78 is 19.9. The topological polar surface area (TPSA) is 73.9 Å². The third kappa shape index (κ3) is 5.97. The van der Waals surface area contributed by atoms with Gasteiger partial charge in [-0.15, -0.1) is 0 Å². The van der Waals surface area contributed by atoms with E-state index in [0.29, 0.717) is 38.2 Å². The smallest absolute Gasteiger partial charge is 0.267 e. The highest BCUT2D eigenvalue weighted by atomic mass is 79.9. The Hall–Kier alpha value is -1.55. The van der Waals surface area contributed by atoms with E-state index >= 15 is 0 Å². The highest BCUT2D eigenvalue weighted by molar-refractivity contribution is 9.10. The number of nitrogens with one attached hydrogen (secondary N) is 2. The number of benzene rings is 1. The van der Waals surface area contributed by atoms with Crippen molar-refractivity contribution in [3.05, 3.63) is 34.1 Å². The fourth-order valence-electron chi connectivity index (χ4n) is 3.24. The number of hydrogen-bond acceptors (Lipinski definition) is 5. The van der Waals surface area contributed by atoms with Gasteiger partial charge in [-0.1, -0.05) is 22.0 Å². The fourth-order valence-corrected chi connectivity index (χ4v) is 3.57. The zero-order valence-electron chi connectivity index (χ0n) is 15.0. The number of carbonyl (C=O) groups excluding carboxylic acids is 2. The number of hydrazine groups is 1. The molecule has 2 heterocycles. The second-order valence-electron chi connectivity index (χ2n) is 6.83. The summed E-state index contributed by atoms with van der Waals surface area (Å²) in [5.74, 6) is -0.774. The first-order chi connectivity index (χ1) is 13.0. The second-order valence-corrected chi connectivity index (χ2v) is 7.74. The minimum absolute atomic E-state index is 0.215. The van der Waals surface area contributed by atoms with Crippen molar-refractivity contribution in [2.45, 2.75) is 25.5 Å². The summed E-state index contributed by atoms with van der Waals surface area (Å²) in [5, 5.41) is 0. The zero-order chi connectivity index (χ0) is 19.2. The number of hydrogen-bond donors (Lipinski definition) is 2. The summed E-state index contributed by atoms with van der Waals surface area (Å²) in [6, 6.07) is 5.10. The molecule has 0 bridgehead atoms. The van der Waals surface area contributed by atoms with Crippen LogP contribution in [-0.4, -0.2) is 67.0 Å². The van der Waals surface area contributed by atoms with Crippen LogP contribution in [0.15, 0.2) is 22.7 Å². The lowest BCUT2D eigenvalue weighted by molar-refractivity contribution is -0.135. The van der Waals surface area contributed by atoms with Gasteiger partial charge in [-0.3, -0.25) is 30.2 Å². The van der Waals surface area contributed by atoms with Gasteiger partial charge in [0.2, 0.25) is 0 Å². The fraction of sp³-hybridized carbons (Fsp3) is 0.556. The first kappa shape index (κ1) is 20.2. The van der Waals surface area contributed by atoms with Crippen molar-refractivity contribution in [1.29, 1.82) is 0 Å². The first-order valence-electron chi connectivity index (χ1n) is 9.10. The van der Waals surface area contributed by atoms with Crippen LogP contribution in [0.3, 0.4) is 0 Å². The summed E-state index contributed by atoms with van der Waals surface area (Å²) in [7, 11) is 0. The predicted molar refractivity (Wildman–Crippen MR) is 101 cm³/mol. The molecule has 2 aliphatic heterocycles. The number of amides is 2. The van der Waals surface area contributed by atoms with Gasteiger partial charge < -0.3 is 4.74 Å². The summed E-state index contributed by atoms with van der Waals surface area (Å²) in [5.41, 5.74) is 5.53. The number of halogens is 2. The molecule has 0 aliphatic carbocycles. The van der Waals surface area contributed by atoms with E-state index in [9.17, 15) is 14.0 Å². The minimum atomic E-state index is -0.465. The maximum absolute atomic E-state index is 14.0. The Morgan fingerprint density at radius 3 is 2.59 bits per heavy atom. The van der Waals surface area contributed by atoms with Crippen LogP contribution in [0.4, 0.5) is 4.39 Å². The Labute approximate surface area is 166 Å². The normalized spacial score (nSPS) is 21.2. The molecular formula is C18H24BrFN4O3. The van der Waals surface area contributed by atoms with Crippen LogP contribution in [0.25, 0.3) is 0 Å². The van der Waals surface area contributed by atoms with Crippen LogP contribution in [0.5, 0.6) is 0 Å². The van der Waals surface area contributed by atoms with Crippen LogP contribution in [0.1, 0.15) is 18.4 Å². The van der Waals surface area contributed by atoms with Gasteiger partial charge in [0.25, 0.3) is 11.8 Å². The molecule has 7 nitrogen and oxygen atoms in total. The summed E-state index contributed by atoms with van der Waals surface area (Å²) in [4.78, 5) is 28.0. The van der Waals surface area contributed by atoms with Gasteiger partial charge in [0.15, 0.2) is 0 Å². The van der Waals surface area contributed by atoms with Crippen LogP contribution >= 0.6 is 15.9 Å². The molecule has 1 unspecified atom stereocenters. The van der Waals surface area contributed by atoms with Crippen molar-refractivity contribution >= 4 is 27.7 Å². The van der Waals surface area contributed by atoms with Gasteiger partial charge in [-0.05, 0) is 25.0 Å². The van der Waals surface area contributed by atoms with Crippen molar-refractivity contribution in [3.8, 4) is 0 Å². The molecule has 0 radical (unpaired) electrons. The van der Waals surface area contributed by atoms with E-state index in [4.69, 9.17) is 4.74 Å². The number of piperazine rings is 1. The Kier molecular flexibility index (Phi) is 7.17. The number of carbonyl (C=O) groups is 2. The molecule has 3 rings (SSSR count). The summed E-state index contributed by atoms with van der Waals surface area (Å²) in [6.07, 6.45) is 1.08. The van der Waals surface area contributed by atoms with E-state index in [-0.39, 0.29) is 24.2 Å². The Morgan fingerprint density at radius 2 is 1.93 bits per heavy atom. The monoisotopic (exact) mass is 442 g/mol. The van der Waals surface area contributed by atoms with Crippen molar-refractivity contribution in [3.63, 3.8) is 0 Å². The van der Waals surface area contributed by atoms with Gasteiger partial charge in [0, 0.05) is 49.4 Å². The number of nitrogens with zero attached hydrogens (tertiary/aromatic N) is 2. The number of rotatable bonds is 5. The maximum Gasteiger partial charge on any atom is 0.267 e. The highest BCUT2D eigenvalue weighted by Gasteiger charge is 2.24. The molecule has 27 heavy (non-hydrogen) atoms. The maximum atomic E-state index is 14.0. The van der Waals surface area contributed by atoms with E-state index < -0.39 is 6.10 Å². The Balaban J connectivity index is 1.36. The molecule has 2 N–H and O–H groups in total. The molecule has 2 fully saturated rings. The molecule has 0 aromatic heterocycles. The minimum Gasteiger partial charge on any atom is -0.368 e. The van der Waals surface area contributed by atoms with Crippen LogP contribution < -0.4 is 10.9 Å². The van der Waals surface area contributed by atoms with Crippen LogP contribution in [-0.2, 0) is 20.9 Å². The molecule has 148 valence electrons. The zero-order valence-corrected chi connectivity index (χ0v) is 16.6. The molecule has 1 atom stereocenters. The van der Waals surface area contributed by atoms with Crippen molar-refractivity contribution < 1.29 is 18.7 Å². The predicted octanol–water partition coefficient (Wildman–Crippen LogP) is 1.03. The SMILES string of the molecule is O=C(CN1CCN(Cc2ccc(Br)cc2F)CC1)NNC(=O)C1CCCO1. The molecule has 9 heteroatoms. The molecule has 1 aromatic rings. The lowest BCUT2D eigenvalue weighted by Crippen LogP contribution is -2.52. The van der Waals surface area contributed by atoms with Crippen molar-refractivity contribution in [1.82, 2.24) is 20.7 Å². The molecule has 0 saturated carbocycles. The molecule has 2 amide bonds. The van der Waals surface area contributed by atoms with Crippen molar-refractivity contribution in [2.24, 2.45) is 0 Å². The standard InChI is InChI=1S/C18H24BrFN4O3/c19-14-4-3-13(15(20)10-14)11-23-5-7-24(8-6-23)12-17(25)21-22-18(26)16-2-1-9-27-16/h3-4,10,16H,1-2,5-9,11-12H2,(H,21,25)(H,22,26). The molecule has 2 aliphatic rings. The van der Waals surface area contributed by atoms with Crippen LogP contribution in [0.2, 0.25) is 0 Å². The van der Waals surface area contributed by atoms with E-state index in [1.807, 2.05) is 11.0 Å². The van der Waals surface area contributed by atoms with Crippen molar-refractivity contribution in [2.75, 3.05) is 39.3 Å². The second kappa shape index (κ2) is 9.59. The van der Waals surface area contributed by atoms with E-state index in [0.717, 1.165) is 24.0 Å². The average Bonchev–Trinajstić information content (AvgIpc) is 3.18. The van der Waals surface area contributed by atoms with Crippen LogP contribution in [0, 0.1) is 5.82 Å². The van der Waals surface area contributed by atoms with Gasteiger partial charge in [-0.25, -0.2) is 4.39 Å². The van der Waals surface area contributed by atoms with E-state index in [2.05, 4.69) is 31.7 Å². The van der Waals surface area contributed by atoms with Gasteiger partial charge in [0.1, 0.15) is 11.9 Å². The lowest BCUT2D eigenvalue weighted by atomic mass is 10.2. The Bertz CT molecular complexity index is 677. The van der Waals surface area contributed by atoms with Gasteiger partial charge in [-0.2, -0.15) is 0 Å². The third-order valence-corrected chi connectivity index (χ3v) is 5.28. The van der Waals surface area contributed by atoms with E-state index in [1.165, 1.54) is 6.07 Å². The summed E-state index contributed by atoms with van der Waals surface area (Å²) >= 11 is 3.26. The molecule has 2 saturated heterocycles. The quantitative estimate of drug-likeness (QED) is 0.666. The summed E-state index contributed by atoms with van der Waals surface area (Å²) in [6.45, 7) is 4.29. The molecule has 1 aromatic carbocycles.